The van der Waals surface area contributed by atoms with Crippen molar-refractivity contribution in [2.75, 3.05) is 11.5 Å². The summed E-state index contributed by atoms with van der Waals surface area (Å²) in [7, 11) is -3.63. The highest BCUT2D eigenvalue weighted by atomic mass is 35.7. The molecule has 1 heterocycles. The van der Waals surface area contributed by atoms with Crippen molar-refractivity contribution in [2.24, 2.45) is 0 Å². The summed E-state index contributed by atoms with van der Waals surface area (Å²) in [6.45, 7) is 0. The van der Waals surface area contributed by atoms with Crippen LogP contribution in [-0.4, -0.2) is 38.3 Å². The van der Waals surface area contributed by atoms with E-state index >= 15 is 0 Å². The van der Waals surface area contributed by atoms with Crippen LogP contribution in [0, 0.1) is 0 Å². The van der Waals surface area contributed by atoms with E-state index < -0.39 is 47.4 Å². The van der Waals surface area contributed by atoms with Crippen LogP contribution < -0.4 is 0 Å². The highest BCUT2D eigenvalue weighted by Crippen LogP contribution is 2.27. The Labute approximate surface area is 111 Å². The highest BCUT2D eigenvalue weighted by molar-refractivity contribution is 8.14. The lowest BCUT2D eigenvalue weighted by molar-refractivity contribution is -0.141. The number of hydrogen-bond acceptors (Lipinski definition) is 6. The number of rotatable bonds is 4. The molecular weight excluding hydrogens is 333 g/mol. The first-order valence-electron chi connectivity index (χ1n) is 4.47. The molecule has 0 radical (unpaired) electrons. The maximum Gasteiger partial charge on any atom is 0.433 e. The van der Waals surface area contributed by atoms with Crippen LogP contribution in [0.5, 0.6) is 0 Å². The van der Waals surface area contributed by atoms with E-state index in [1.165, 1.54) is 0 Å². The molecule has 12 heteroatoms. The molecule has 0 amide bonds. The van der Waals surface area contributed by atoms with Gasteiger partial charge in [-0.1, -0.05) is 0 Å². The number of aromatic nitrogens is 2. The third-order valence-corrected chi connectivity index (χ3v) is 4.71. The summed E-state index contributed by atoms with van der Waals surface area (Å²) < 4.78 is 81.3. The van der Waals surface area contributed by atoms with Gasteiger partial charge in [-0.05, 0) is 6.07 Å². The lowest BCUT2D eigenvalue weighted by atomic mass is 10.4. The molecular formula is C7H6ClF3N2O4S2. The van der Waals surface area contributed by atoms with Crippen LogP contribution in [0.3, 0.4) is 0 Å². The molecule has 0 atom stereocenters. The number of halogens is 4. The molecule has 1 rings (SSSR count). The fourth-order valence-electron chi connectivity index (χ4n) is 0.949. The van der Waals surface area contributed by atoms with Gasteiger partial charge in [0, 0.05) is 16.9 Å². The summed E-state index contributed by atoms with van der Waals surface area (Å²) in [5.41, 5.74) is -1.44. The number of sulfone groups is 1. The van der Waals surface area contributed by atoms with Gasteiger partial charge < -0.3 is 0 Å². The Morgan fingerprint density at radius 1 is 1.16 bits per heavy atom. The second kappa shape index (κ2) is 5.21. The molecule has 108 valence electrons. The van der Waals surface area contributed by atoms with Gasteiger partial charge in [0.05, 0.1) is 11.5 Å². The first-order valence-corrected chi connectivity index (χ1v) is 8.60. The summed E-state index contributed by atoms with van der Waals surface area (Å²) >= 11 is 0. The normalized spacial score (nSPS) is 13.5. The van der Waals surface area contributed by atoms with E-state index in [1.54, 1.807) is 0 Å². The lowest BCUT2D eigenvalue weighted by Crippen LogP contribution is -2.19. The van der Waals surface area contributed by atoms with Crippen LogP contribution in [0.2, 0.25) is 0 Å². The zero-order chi connectivity index (χ0) is 14.9. The quantitative estimate of drug-likeness (QED) is 0.596. The molecule has 0 aliphatic rings. The molecule has 0 saturated heterocycles. The van der Waals surface area contributed by atoms with Crippen LogP contribution in [0.15, 0.2) is 17.4 Å². The third-order valence-electron chi connectivity index (χ3n) is 1.80. The van der Waals surface area contributed by atoms with Gasteiger partial charge in [0.25, 0.3) is 0 Å². The van der Waals surface area contributed by atoms with Crippen molar-refractivity contribution in [1.82, 2.24) is 9.97 Å². The van der Waals surface area contributed by atoms with E-state index in [4.69, 9.17) is 10.7 Å². The van der Waals surface area contributed by atoms with Crippen molar-refractivity contribution >= 4 is 29.6 Å². The number of nitrogens with zero attached hydrogens (tertiary/aromatic N) is 2. The van der Waals surface area contributed by atoms with E-state index in [0.29, 0.717) is 12.3 Å². The second-order valence-electron chi connectivity index (χ2n) is 3.28. The van der Waals surface area contributed by atoms with E-state index in [9.17, 15) is 30.0 Å². The maximum absolute atomic E-state index is 12.3. The monoisotopic (exact) mass is 338 g/mol. The van der Waals surface area contributed by atoms with Crippen molar-refractivity contribution in [3.05, 3.63) is 18.0 Å². The van der Waals surface area contributed by atoms with Crippen molar-refractivity contribution in [2.45, 2.75) is 11.3 Å². The van der Waals surface area contributed by atoms with Gasteiger partial charge in [-0.25, -0.2) is 26.8 Å². The molecule has 0 unspecified atom stereocenters. The Bertz CT molecular complexity index is 672. The Morgan fingerprint density at radius 2 is 1.74 bits per heavy atom. The highest BCUT2D eigenvalue weighted by Gasteiger charge is 2.34. The number of hydrogen-bond donors (Lipinski definition) is 0. The summed E-state index contributed by atoms with van der Waals surface area (Å²) in [5.74, 6) is -1.95. The van der Waals surface area contributed by atoms with E-state index in [-0.39, 0.29) is 0 Å². The van der Waals surface area contributed by atoms with E-state index in [0.717, 1.165) is 0 Å². The Morgan fingerprint density at radius 3 is 2.21 bits per heavy atom. The van der Waals surface area contributed by atoms with Gasteiger partial charge in [-0.3, -0.25) is 0 Å². The van der Waals surface area contributed by atoms with Gasteiger partial charge in [0.1, 0.15) is 5.69 Å². The van der Waals surface area contributed by atoms with Gasteiger partial charge in [0.15, 0.2) is 0 Å². The van der Waals surface area contributed by atoms with Crippen LogP contribution in [0.25, 0.3) is 0 Å². The van der Waals surface area contributed by atoms with Crippen molar-refractivity contribution in [3.8, 4) is 0 Å². The minimum absolute atomic E-state index is 0.497. The first-order chi connectivity index (χ1) is 8.42. The average Bonchev–Trinajstić information content (AvgIpc) is 2.25. The molecule has 6 nitrogen and oxygen atoms in total. The molecule has 0 aromatic carbocycles. The third kappa shape index (κ3) is 4.91. The Kier molecular flexibility index (Phi) is 4.42. The van der Waals surface area contributed by atoms with E-state index in [1.807, 2.05) is 0 Å². The first kappa shape index (κ1) is 16.1. The molecule has 0 N–H and O–H groups in total. The molecule has 19 heavy (non-hydrogen) atoms. The molecule has 1 aromatic rings. The van der Waals surface area contributed by atoms with Crippen molar-refractivity contribution < 1.29 is 30.0 Å². The van der Waals surface area contributed by atoms with Gasteiger partial charge in [0.2, 0.25) is 24.0 Å². The van der Waals surface area contributed by atoms with Crippen LogP contribution >= 0.6 is 10.7 Å². The Balaban J connectivity index is 3.09. The molecule has 0 spiro atoms. The Hall–Kier alpha value is -0.940. The van der Waals surface area contributed by atoms with Gasteiger partial charge >= 0.3 is 6.18 Å². The topological polar surface area (TPSA) is 94.1 Å². The minimum atomic E-state index is -4.83. The molecule has 0 aliphatic carbocycles. The molecule has 0 fully saturated rings. The zero-order valence-corrected chi connectivity index (χ0v) is 11.3. The molecule has 0 saturated carbocycles. The maximum atomic E-state index is 12.3. The zero-order valence-electron chi connectivity index (χ0n) is 8.92. The molecule has 1 aromatic heterocycles. The van der Waals surface area contributed by atoms with Crippen LogP contribution in [0.1, 0.15) is 5.69 Å². The predicted molar refractivity (Wildman–Crippen MR) is 58.7 cm³/mol. The second-order valence-corrected chi connectivity index (χ2v) is 8.18. The van der Waals surface area contributed by atoms with Crippen molar-refractivity contribution in [1.29, 1.82) is 0 Å². The van der Waals surface area contributed by atoms with Crippen molar-refractivity contribution in [3.63, 3.8) is 0 Å². The van der Waals surface area contributed by atoms with Gasteiger partial charge in [-0.2, -0.15) is 13.2 Å². The van der Waals surface area contributed by atoms with Crippen LogP contribution in [-0.2, 0) is 25.1 Å². The molecule has 0 bridgehead atoms. The van der Waals surface area contributed by atoms with Crippen LogP contribution in [0.4, 0.5) is 13.2 Å². The number of alkyl halides is 3. The molecule has 0 aliphatic heterocycles. The van der Waals surface area contributed by atoms with E-state index in [2.05, 4.69) is 9.97 Å². The smallest absolute Gasteiger partial charge is 0.227 e. The predicted octanol–water partition coefficient (Wildman–Crippen LogP) is 0.838. The fourth-order valence-corrected chi connectivity index (χ4v) is 3.83. The lowest BCUT2D eigenvalue weighted by Gasteiger charge is -2.07. The van der Waals surface area contributed by atoms with Gasteiger partial charge in [-0.15, -0.1) is 0 Å². The minimum Gasteiger partial charge on any atom is -0.227 e. The summed E-state index contributed by atoms with van der Waals surface area (Å²) in [6.07, 6.45) is -4.20. The standard InChI is InChI=1S/C7H6ClF3N2O4S2/c8-19(16,17)4-3-18(14,15)6-12-2-1-5(13-6)7(9,10)11/h1-2H,3-4H2. The summed E-state index contributed by atoms with van der Waals surface area (Å²) in [6, 6.07) is 0.497. The fraction of sp³-hybridized carbons (Fsp3) is 0.429. The summed E-state index contributed by atoms with van der Waals surface area (Å²) in [4.78, 5) is 6.04. The largest absolute Gasteiger partial charge is 0.433 e. The SMILES string of the molecule is O=S(=O)(Cl)CCS(=O)(=O)c1nccc(C(F)(F)F)n1. The average molecular weight is 339 g/mol. The summed E-state index contributed by atoms with van der Waals surface area (Å²) in [5, 5.41) is -1.09.